The van der Waals surface area contributed by atoms with Gasteiger partial charge in [0.1, 0.15) is 11.8 Å². The average molecular weight is 513 g/mol. The van der Waals surface area contributed by atoms with Gasteiger partial charge in [-0.05, 0) is 41.8 Å². The maximum Gasteiger partial charge on any atom is 0.261 e. The Bertz CT molecular complexity index is 1110. The largest absolute Gasteiger partial charge is 0.482 e. The van der Waals surface area contributed by atoms with Gasteiger partial charge in [-0.15, -0.1) is 0 Å². The maximum atomic E-state index is 13.5. The van der Waals surface area contributed by atoms with E-state index in [0.717, 1.165) is 24.0 Å². The van der Waals surface area contributed by atoms with Gasteiger partial charge >= 0.3 is 0 Å². The number of para-hydroxylation sites is 1. The molecule has 0 saturated carbocycles. The van der Waals surface area contributed by atoms with E-state index < -0.39 is 6.04 Å². The van der Waals surface area contributed by atoms with Crippen LogP contribution in [-0.2, 0) is 22.6 Å². The summed E-state index contributed by atoms with van der Waals surface area (Å²) in [5.74, 6) is -0.107. The first-order valence-corrected chi connectivity index (χ1v) is 12.5. The molecule has 35 heavy (non-hydrogen) atoms. The molecule has 1 N–H and O–H groups in total. The summed E-state index contributed by atoms with van der Waals surface area (Å²) in [4.78, 5) is 28.5. The van der Waals surface area contributed by atoms with Crippen LogP contribution in [0.3, 0.4) is 0 Å². The van der Waals surface area contributed by atoms with Crippen molar-refractivity contribution >= 4 is 35.0 Å². The lowest BCUT2D eigenvalue weighted by molar-refractivity contribution is -0.142. The van der Waals surface area contributed by atoms with E-state index in [2.05, 4.69) is 12.2 Å². The predicted octanol–water partition coefficient (Wildman–Crippen LogP) is 5.93. The summed E-state index contributed by atoms with van der Waals surface area (Å²) in [5, 5.41) is 3.98. The van der Waals surface area contributed by atoms with E-state index in [-0.39, 0.29) is 25.0 Å². The average Bonchev–Trinajstić information content (AvgIpc) is 2.86. The summed E-state index contributed by atoms with van der Waals surface area (Å²) in [5.41, 5.74) is 1.78. The van der Waals surface area contributed by atoms with Crippen molar-refractivity contribution in [1.82, 2.24) is 10.2 Å². The number of nitrogens with one attached hydrogen (secondary N) is 1. The van der Waals surface area contributed by atoms with E-state index in [1.165, 1.54) is 0 Å². The van der Waals surface area contributed by atoms with Crippen molar-refractivity contribution in [3.05, 3.63) is 100 Å². The van der Waals surface area contributed by atoms with Gasteiger partial charge in [-0.25, -0.2) is 0 Å². The zero-order valence-electron chi connectivity index (χ0n) is 19.8. The minimum atomic E-state index is -0.726. The van der Waals surface area contributed by atoms with Crippen LogP contribution < -0.4 is 10.1 Å². The van der Waals surface area contributed by atoms with Gasteiger partial charge in [-0.3, -0.25) is 9.59 Å². The third kappa shape index (κ3) is 8.30. The van der Waals surface area contributed by atoms with E-state index in [0.29, 0.717) is 28.8 Å². The van der Waals surface area contributed by atoms with Crippen molar-refractivity contribution in [3.63, 3.8) is 0 Å². The standard InChI is InChI=1S/C28H30Cl2N2O3/c1-2-3-16-31-28(34)25(18-21-10-5-4-6-11-21)32(19-22-12-9-13-23(29)17-22)27(33)20-35-26-15-8-7-14-24(26)30/h4-15,17,25H,2-3,16,18-20H2,1H3,(H,31,34). The van der Waals surface area contributed by atoms with Crippen LogP contribution in [0.15, 0.2) is 78.9 Å². The van der Waals surface area contributed by atoms with E-state index in [1.54, 1.807) is 41.3 Å². The fourth-order valence-corrected chi connectivity index (χ4v) is 4.08. The highest BCUT2D eigenvalue weighted by molar-refractivity contribution is 6.32. The van der Waals surface area contributed by atoms with Gasteiger partial charge in [0.15, 0.2) is 6.61 Å². The second kappa shape index (κ2) is 13.8. The third-order valence-electron chi connectivity index (χ3n) is 5.53. The van der Waals surface area contributed by atoms with Crippen molar-refractivity contribution in [3.8, 4) is 5.75 Å². The van der Waals surface area contributed by atoms with Gasteiger partial charge < -0.3 is 15.0 Å². The molecule has 0 saturated heterocycles. The summed E-state index contributed by atoms with van der Waals surface area (Å²) in [7, 11) is 0. The highest BCUT2D eigenvalue weighted by atomic mass is 35.5. The van der Waals surface area contributed by atoms with Gasteiger partial charge in [0.2, 0.25) is 5.91 Å². The molecule has 0 radical (unpaired) electrons. The van der Waals surface area contributed by atoms with Crippen molar-refractivity contribution in [2.45, 2.75) is 38.8 Å². The molecule has 0 heterocycles. The highest BCUT2D eigenvalue weighted by Crippen LogP contribution is 2.24. The topological polar surface area (TPSA) is 58.6 Å². The molecular formula is C28H30Cl2N2O3. The SMILES string of the molecule is CCCCNC(=O)C(Cc1ccccc1)N(Cc1cccc(Cl)c1)C(=O)COc1ccccc1Cl. The van der Waals surface area contributed by atoms with Crippen molar-refractivity contribution in [2.75, 3.05) is 13.2 Å². The molecule has 0 aromatic heterocycles. The van der Waals surface area contributed by atoms with E-state index in [1.807, 2.05) is 42.5 Å². The fraction of sp³-hybridized carbons (Fsp3) is 0.286. The molecule has 0 spiro atoms. The van der Waals surface area contributed by atoms with Crippen LogP contribution in [-0.4, -0.2) is 35.9 Å². The molecule has 0 aliphatic rings. The number of ether oxygens (including phenoxy) is 1. The minimum absolute atomic E-state index is 0.199. The quantitative estimate of drug-likeness (QED) is 0.306. The van der Waals surface area contributed by atoms with Crippen LogP contribution in [0.25, 0.3) is 0 Å². The van der Waals surface area contributed by atoms with Crippen LogP contribution in [0.5, 0.6) is 5.75 Å². The minimum Gasteiger partial charge on any atom is -0.482 e. The van der Waals surface area contributed by atoms with Crippen LogP contribution in [0, 0.1) is 0 Å². The van der Waals surface area contributed by atoms with Crippen LogP contribution in [0.2, 0.25) is 10.0 Å². The first kappa shape index (κ1) is 26.6. The van der Waals surface area contributed by atoms with Gasteiger partial charge in [-0.2, -0.15) is 0 Å². The molecule has 3 aromatic carbocycles. The zero-order chi connectivity index (χ0) is 25.0. The molecule has 0 bridgehead atoms. The second-order valence-corrected chi connectivity index (χ2v) is 9.06. The van der Waals surface area contributed by atoms with E-state index >= 15 is 0 Å². The molecule has 5 nitrogen and oxygen atoms in total. The highest BCUT2D eigenvalue weighted by Gasteiger charge is 2.30. The number of carbonyl (C=O) groups is 2. The molecule has 1 unspecified atom stereocenters. The monoisotopic (exact) mass is 512 g/mol. The number of halogens is 2. The van der Waals surface area contributed by atoms with E-state index in [9.17, 15) is 9.59 Å². The summed E-state index contributed by atoms with van der Waals surface area (Å²) in [6.45, 7) is 2.58. The molecular weight excluding hydrogens is 483 g/mol. The van der Waals surface area contributed by atoms with Gasteiger partial charge in [-0.1, -0.05) is 91.1 Å². The molecule has 184 valence electrons. The number of amides is 2. The molecule has 7 heteroatoms. The Morgan fingerprint density at radius 2 is 1.66 bits per heavy atom. The van der Waals surface area contributed by atoms with Crippen molar-refractivity contribution in [1.29, 1.82) is 0 Å². The van der Waals surface area contributed by atoms with Crippen molar-refractivity contribution < 1.29 is 14.3 Å². The van der Waals surface area contributed by atoms with Crippen LogP contribution >= 0.6 is 23.2 Å². The molecule has 0 aliphatic heterocycles. The third-order valence-corrected chi connectivity index (χ3v) is 6.08. The Hall–Kier alpha value is -3.02. The first-order valence-electron chi connectivity index (χ1n) is 11.7. The number of carbonyl (C=O) groups excluding carboxylic acids is 2. The summed E-state index contributed by atoms with van der Waals surface area (Å²) < 4.78 is 5.74. The fourth-order valence-electron chi connectivity index (χ4n) is 3.68. The Balaban J connectivity index is 1.89. The van der Waals surface area contributed by atoms with E-state index in [4.69, 9.17) is 27.9 Å². The Morgan fingerprint density at radius 1 is 0.943 bits per heavy atom. The first-order chi connectivity index (χ1) is 17.0. The molecule has 2 amide bonds. The lowest BCUT2D eigenvalue weighted by Gasteiger charge is -2.31. The number of rotatable bonds is 12. The molecule has 0 aliphatic carbocycles. The maximum absolute atomic E-state index is 13.5. The van der Waals surface area contributed by atoms with Gasteiger partial charge in [0, 0.05) is 24.5 Å². The summed E-state index contributed by atoms with van der Waals surface area (Å²) >= 11 is 12.4. The Morgan fingerprint density at radius 3 is 2.37 bits per heavy atom. The number of unbranched alkanes of at least 4 members (excludes halogenated alkanes) is 1. The lowest BCUT2D eigenvalue weighted by atomic mass is 10.0. The number of hydrogen-bond donors (Lipinski definition) is 1. The molecule has 1 atom stereocenters. The Kier molecular flexibility index (Phi) is 10.5. The molecule has 3 rings (SSSR count). The summed E-state index contributed by atoms with van der Waals surface area (Å²) in [6, 6.07) is 23.2. The number of nitrogens with zero attached hydrogens (tertiary/aromatic N) is 1. The van der Waals surface area contributed by atoms with Crippen molar-refractivity contribution in [2.24, 2.45) is 0 Å². The second-order valence-electron chi connectivity index (χ2n) is 8.22. The normalized spacial score (nSPS) is 11.5. The summed E-state index contributed by atoms with van der Waals surface area (Å²) in [6.07, 6.45) is 2.19. The van der Waals surface area contributed by atoms with Gasteiger partial charge in [0.25, 0.3) is 5.91 Å². The Labute approximate surface area is 217 Å². The smallest absolute Gasteiger partial charge is 0.261 e. The van der Waals surface area contributed by atoms with Crippen LogP contribution in [0.1, 0.15) is 30.9 Å². The molecule has 3 aromatic rings. The van der Waals surface area contributed by atoms with Crippen LogP contribution in [0.4, 0.5) is 0 Å². The number of benzene rings is 3. The predicted molar refractivity (Wildman–Crippen MR) is 141 cm³/mol. The van der Waals surface area contributed by atoms with Gasteiger partial charge in [0.05, 0.1) is 5.02 Å². The zero-order valence-corrected chi connectivity index (χ0v) is 21.3. The molecule has 0 fully saturated rings. The number of hydrogen-bond acceptors (Lipinski definition) is 3. The lowest BCUT2D eigenvalue weighted by Crippen LogP contribution is -2.51.